The van der Waals surface area contributed by atoms with Gasteiger partial charge in [-0.25, -0.2) is 9.37 Å². The number of oxime groups is 1. The number of ether oxygens (including phenoxy) is 1. The summed E-state index contributed by atoms with van der Waals surface area (Å²) in [5.74, 6) is 0.365. The second-order valence-corrected chi connectivity index (χ2v) is 10.2. The van der Waals surface area contributed by atoms with E-state index in [1.165, 1.54) is 24.5 Å². The molecule has 1 aliphatic rings. The van der Waals surface area contributed by atoms with Crippen LogP contribution in [-0.4, -0.2) is 67.1 Å². The van der Waals surface area contributed by atoms with Gasteiger partial charge in [0.15, 0.2) is 10.6 Å². The molecule has 3 heterocycles. The van der Waals surface area contributed by atoms with Crippen LogP contribution in [0.15, 0.2) is 57.9 Å². The van der Waals surface area contributed by atoms with Crippen molar-refractivity contribution in [2.24, 2.45) is 5.16 Å². The molecule has 2 aromatic carbocycles. The van der Waals surface area contributed by atoms with Crippen LogP contribution in [-0.2, 0) is 11.4 Å². The summed E-state index contributed by atoms with van der Waals surface area (Å²) < 4.78 is 22.7. The van der Waals surface area contributed by atoms with Crippen LogP contribution in [0.4, 0.5) is 15.2 Å². The fourth-order valence-electron chi connectivity index (χ4n) is 4.92. The van der Waals surface area contributed by atoms with Crippen molar-refractivity contribution in [3.05, 3.63) is 69.6 Å². The number of benzene rings is 2. The molecular formula is C28H31FN6O3S. The average molecular weight is 551 g/mol. The summed E-state index contributed by atoms with van der Waals surface area (Å²) in [4.78, 5) is 27.0. The van der Waals surface area contributed by atoms with E-state index in [4.69, 9.17) is 15.3 Å². The predicted octanol–water partition coefficient (Wildman–Crippen LogP) is 4.05. The molecule has 0 saturated carbocycles. The number of aryl methyl sites for hydroxylation is 1. The second-order valence-electron chi connectivity index (χ2n) is 9.26. The fourth-order valence-corrected chi connectivity index (χ4v) is 5.49. The van der Waals surface area contributed by atoms with Crippen molar-refractivity contribution in [1.82, 2.24) is 14.5 Å². The lowest BCUT2D eigenvalue weighted by Gasteiger charge is -2.36. The molecule has 0 bridgehead atoms. The van der Waals surface area contributed by atoms with Gasteiger partial charge in [-0.1, -0.05) is 5.16 Å². The molecule has 0 radical (unpaired) electrons. The summed E-state index contributed by atoms with van der Waals surface area (Å²) in [6, 6.07) is 10.9. The number of nitrogens with zero attached hydrogens (tertiary/aromatic N) is 5. The topological polar surface area (TPSA) is 98.2 Å². The summed E-state index contributed by atoms with van der Waals surface area (Å²) in [6.45, 7) is 5.94. The van der Waals surface area contributed by atoms with E-state index in [9.17, 15) is 4.79 Å². The molecule has 0 aliphatic carbocycles. The second kappa shape index (κ2) is 11.4. The van der Waals surface area contributed by atoms with E-state index >= 15 is 4.39 Å². The van der Waals surface area contributed by atoms with E-state index in [2.05, 4.69) is 15.0 Å². The SMILES string of the molecule is CCn1cc(-c2csc(N)n2)c(=O)c2cc(F)c(N3CCN(C/C(=N/OC)c4ccc(OC)cc4)CC3)cc21. The number of halogens is 1. The normalized spacial score (nSPS) is 14.7. The van der Waals surface area contributed by atoms with E-state index < -0.39 is 5.82 Å². The molecule has 2 N–H and O–H groups in total. The Balaban J connectivity index is 1.36. The first-order valence-corrected chi connectivity index (χ1v) is 13.6. The molecule has 9 nitrogen and oxygen atoms in total. The maximum atomic E-state index is 15.5. The van der Waals surface area contributed by atoms with Crippen LogP contribution in [0.5, 0.6) is 5.75 Å². The number of anilines is 2. The number of hydrogen-bond acceptors (Lipinski definition) is 9. The summed E-state index contributed by atoms with van der Waals surface area (Å²) in [6.07, 6.45) is 1.79. The molecule has 39 heavy (non-hydrogen) atoms. The largest absolute Gasteiger partial charge is 0.497 e. The minimum atomic E-state index is -0.412. The van der Waals surface area contributed by atoms with Crippen LogP contribution in [0.1, 0.15) is 12.5 Å². The highest BCUT2D eigenvalue weighted by Gasteiger charge is 2.23. The molecule has 11 heteroatoms. The lowest BCUT2D eigenvalue weighted by Crippen LogP contribution is -2.48. The number of rotatable bonds is 8. The third-order valence-electron chi connectivity index (χ3n) is 7.00. The summed E-state index contributed by atoms with van der Waals surface area (Å²) in [7, 11) is 3.17. The molecule has 0 amide bonds. The van der Waals surface area contributed by atoms with Gasteiger partial charge in [-0.3, -0.25) is 9.69 Å². The Morgan fingerprint density at radius 2 is 1.90 bits per heavy atom. The zero-order valence-corrected chi connectivity index (χ0v) is 23.0. The van der Waals surface area contributed by atoms with Crippen molar-refractivity contribution < 1.29 is 14.0 Å². The highest BCUT2D eigenvalue weighted by atomic mass is 32.1. The lowest BCUT2D eigenvalue weighted by molar-refractivity contribution is 0.209. The van der Waals surface area contributed by atoms with Gasteiger partial charge in [-0.15, -0.1) is 11.3 Å². The Morgan fingerprint density at radius 3 is 2.51 bits per heavy atom. The van der Waals surface area contributed by atoms with Crippen molar-refractivity contribution in [1.29, 1.82) is 0 Å². The highest BCUT2D eigenvalue weighted by Crippen LogP contribution is 2.29. The Morgan fingerprint density at radius 1 is 1.15 bits per heavy atom. The Labute approximate surface area is 229 Å². The van der Waals surface area contributed by atoms with Gasteiger partial charge in [0.1, 0.15) is 24.4 Å². The van der Waals surface area contributed by atoms with Gasteiger partial charge in [-0.05, 0) is 43.3 Å². The van der Waals surface area contributed by atoms with E-state index in [-0.39, 0.29) is 5.43 Å². The first-order chi connectivity index (χ1) is 18.9. The van der Waals surface area contributed by atoms with Gasteiger partial charge in [-0.2, -0.15) is 0 Å². The monoisotopic (exact) mass is 550 g/mol. The van der Waals surface area contributed by atoms with E-state index in [0.717, 1.165) is 30.1 Å². The van der Waals surface area contributed by atoms with Crippen molar-refractivity contribution in [2.45, 2.75) is 13.5 Å². The fraction of sp³-hybridized carbons (Fsp3) is 0.321. The van der Waals surface area contributed by atoms with E-state index in [1.54, 1.807) is 24.8 Å². The van der Waals surface area contributed by atoms with Crippen molar-refractivity contribution in [3.63, 3.8) is 0 Å². The molecule has 4 aromatic rings. The average Bonchev–Trinajstić information content (AvgIpc) is 3.39. The molecule has 204 valence electrons. The zero-order valence-electron chi connectivity index (χ0n) is 22.2. The molecule has 2 aromatic heterocycles. The number of nitrogen functional groups attached to an aromatic ring is 1. The van der Waals surface area contributed by atoms with Gasteiger partial charge < -0.3 is 24.8 Å². The quantitative estimate of drug-likeness (QED) is 0.261. The van der Waals surface area contributed by atoms with Crippen LogP contribution < -0.4 is 20.8 Å². The Bertz CT molecular complexity index is 1560. The maximum Gasteiger partial charge on any atom is 0.198 e. The first-order valence-electron chi connectivity index (χ1n) is 12.7. The molecule has 1 saturated heterocycles. The van der Waals surface area contributed by atoms with Gasteiger partial charge in [0.05, 0.1) is 29.6 Å². The number of hydrogen-bond donors (Lipinski definition) is 1. The number of fused-ring (bicyclic) bond motifs is 1. The van der Waals surface area contributed by atoms with Crippen LogP contribution in [0.25, 0.3) is 22.2 Å². The smallest absolute Gasteiger partial charge is 0.198 e. The number of methoxy groups -OCH3 is 1. The Kier molecular flexibility index (Phi) is 7.80. The summed E-state index contributed by atoms with van der Waals surface area (Å²) >= 11 is 1.27. The zero-order chi connectivity index (χ0) is 27.5. The minimum Gasteiger partial charge on any atom is -0.497 e. The van der Waals surface area contributed by atoms with Gasteiger partial charge in [0.25, 0.3) is 0 Å². The predicted molar refractivity (Wildman–Crippen MR) is 155 cm³/mol. The number of piperazine rings is 1. The Hall–Kier alpha value is -3.96. The summed E-state index contributed by atoms with van der Waals surface area (Å²) in [5, 5.41) is 6.71. The third kappa shape index (κ3) is 5.45. The van der Waals surface area contributed by atoms with Gasteiger partial charge >= 0.3 is 0 Å². The number of pyridine rings is 1. The van der Waals surface area contributed by atoms with E-state index in [0.29, 0.717) is 59.2 Å². The molecule has 0 spiro atoms. The molecule has 0 atom stereocenters. The van der Waals surface area contributed by atoms with Crippen LogP contribution in [0, 0.1) is 5.82 Å². The molecule has 1 aliphatic heterocycles. The lowest BCUT2D eigenvalue weighted by atomic mass is 10.1. The van der Waals surface area contributed by atoms with Crippen molar-refractivity contribution in [2.75, 3.05) is 57.6 Å². The third-order valence-corrected chi connectivity index (χ3v) is 7.67. The van der Waals surface area contributed by atoms with Crippen LogP contribution in [0.2, 0.25) is 0 Å². The highest BCUT2D eigenvalue weighted by molar-refractivity contribution is 7.13. The van der Waals surface area contributed by atoms with Gasteiger partial charge in [0.2, 0.25) is 0 Å². The van der Waals surface area contributed by atoms with Gasteiger partial charge in [0, 0.05) is 61.8 Å². The van der Waals surface area contributed by atoms with E-state index in [1.807, 2.05) is 40.7 Å². The molecule has 5 rings (SSSR count). The number of nitrogens with two attached hydrogens (primary N) is 1. The van der Waals surface area contributed by atoms with Crippen LogP contribution >= 0.6 is 11.3 Å². The maximum absolute atomic E-state index is 15.5. The standard InChI is InChI=1S/C28H31FN6O3S/c1-4-34-15-21(24-17-39-28(30)31-24)27(36)20-13-22(29)26(14-25(20)34)35-11-9-33(10-12-35)16-23(32-38-3)18-5-7-19(37-2)8-6-18/h5-8,13-15,17H,4,9-12,16H2,1-3H3,(H2,30,31)/b32-23-. The number of aromatic nitrogens is 2. The minimum absolute atomic E-state index is 0.251. The van der Waals surface area contributed by atoms with Crippen molar-refractivity contribution in [3.8, 4) is 17.0 Å². The molecular weight excluding hydrogens is 519 g/mol. The first kappa shape index (κ1) is 26.6. The molecule has 0 unspecified atom stereocenters. The van der Waals surface area contributed by atoms with Crippen LogP contribution in [0.3, 0.4) is 0 Å². The summed E-state index contributed by atoms with van der Waals surface area (Å²) in [5.41, 5.74) is 9.42. The molecule has 1 fully saturated rings. The number of thiazole rings is 1. The van der Waals surface area contributed by atoms with Crippen molar-refractivity contribution >= 4 is 38.8 Å².